The van der Waals surface area contributed by atoms with E-state index < -0.39 is 0 Å². The lowest BCUT2D eigenvalue weighted by molar-refractivity contribution is -0.139. The Bertz CT molecular complexity index is 197. The van der Waals surface area contributed by atoms with Gasteiger partial charge in [-0.25, -0.2) is 0 Å². The lowest BCUT2D eigenvalue weighted by Gasteiger charge is -2.09. The Balaban J connectivity index is 1.84. The van der Waals surface area contributed by atoms with Crippen LogP contribution in [0.5, 0.6) is 0 Å². The van der Waals surface area contributed by atoms with Gasteiger partial charge in [-0.15, -0.1) is 0 Å². The van der Waals surface area contributed by atoms with Crippen molar-refractivity contribution in [3.05, 3.63) is 0 Å². The highest BCUT2D eigenvalue weighted by atomic mass is 79.9. The van der Waals surface area contributed by atoms with Crippen LogP contribution in [0.3, 0.4) is 0 Å². The predicted molar refractivity (Wildman–Crippen MR) is 61.1 cm³/mol. The largest absolute Gasteiger partial charge is 0.468 e. The van der Waals surface area contributed by atoms with Gasteiger partial charge in [-0.3, -0.25) is 4.79 Å². The molecule has 0 aromatic heterocycles. The molecule has 1 rings (SSSR count). The lowest BCUT2D eigenvalue weighted by Crippen LogP contribution is -2.31. The first-order valence-corrected chi connectivity index (χ1v) is 6.16. The van der Waals surface area contributed by atoms with Crippen LogP contribution in [0.4, 0.5) is 0 Å². The van der Waals surface area contributed by atoms with Crippen LogP contribution in [0.15, 0.2) is 0 Å². The number of halogens is 1. The van der Waals surface area contributed by atoms with E-state index >= 15 is 0 Å². The zero-order valence-electron chi connectivity index (χ0n) is 9.00. The Morgan fingerprint density at radius 2 is 2.33 bits per heavy atom. The minimum Gasteiger partial charge on any atom is -0.468 e. The average Bonchev–Trinajstić information content (AvgIpc) is 3.05. The number of ether oxygens (including phenoxy) is 2. The fourth-order valence-electron chi connectivity index (χ4n) is 1.12. The highest BCUT2D eigenvalue weighted by Crippen LogP contribution is 2.28. The molecule has 1 aliphatic rings. The smallest absolute Gasteiger partial charge is 0.320 e. The number of methoxy groups -OCH3 is 1. The molecule has 4 nitrogen and oxygen atoms in total. The quantitative estimate of drug-likeness (QED) is 0.408. The topological polar surface area (TPSA) is 47.6 Å². The summed E-state index contributed by atoms with van der Waals surface area (Å²) in [5, 5.41) is 3.12. The van der Waals surface area contributed by atoms with Crippen molar-refractivity contribution in [1.29, 1.82) is 0 Å². The molecule has 0 amide bonds. The summed E-state index contributed by atoms with van der Waals surface area (Å²) in [6.45, 7) is 2.93. The summed E-state index contributed by atoms with van der Waals surface area (Å²) in [7, 11) is 1.38. The van der Waals surface area contributed by atoms with Crippen LogP contribution in [0.1, 0.15) is 12.8 Å². The highest BCUT2D eigenvalue weighted by molar-refractivity contribution is 9.10. The lowest BCUT2D eigenvalue weighted by atomic mass is 10.4. The van der Waals surface area contributed by atoms with Crippen molar-refractivity contribution in [3.8, 4) is 0 Å². The number of carbonyl (C=O) groups is 1. The molecule has 0 heterocycles. The monoisotopic (exact) mass is 279 g/mol. The summed E-state index contributed by atoms with van der Waals surface area (Å²) in [5.74, 6) is 0.561. The van der Waals surface area contributed by atoms with Crippen LogP contribution in [0, 0.1) is 5.92 Å². The maximum atomic E-state index is 11.0. The summed E-state index contributed by atoms with van der Waals surface area (Å²) < 4.78 is 10.0. The zero-order chi connectivity index (χ0) is 11.1. The Morgan fingerprint density at radius 1 is 1.60 bits per heavy atom. The van der Waals surface area contributed by atoms with Gasteiger partial charge in [0.15, 0.2) is 0 Å². The summed E-state index contributed by atoms with van der Waals surface area (Å²) in [6, 6.07) is 0. The molecule has 0 aromatic rings. The van der Waals surface area contributed by atoms with Gasteiger partial charge in [0.25, 0.3) is 0 Å². The number of nitrogens with one attached hydrogen (secondary N) is 1. The van der Waals surface area contributed by atoms with E-state index in [0.29, 0.717) is 13.2 Å². The van der Waals surface area contributed by atoms with Crippen molar-refractivity contribution in [3.63, 3.8) is 0 Å². The predicted octanol–water partition coefficient (Wildman–Crippen LogP) is 0.939. The summed E-state index contributed by atoms with van der Waals surface area (Å²) >= 11 is 3.23. The minimum atomic E-state index is -0.272. The molecule has 0 aliphatic heterocycles. The van der Waals surface area contributed by atoms with E-state index in [1.165, 1.54) is 20.0 Å². The van der Waals surface area contributed by atoms with Gasteiger partial charge in [0.05, 0.1) is 13.7 Å². The molecule has 5 heteroatoms. The molecule has 0 aromatic carbocycles. The molecule has 1 fully saturated rings. The van der Waals surface area contributed by atoms with Gasteiger partial charge < -0.3 is 14.8 Å². The molecule has 88 valence electrons. The number of rotatable bonds is 8. The molecule has 15 heavy (non-hydrogen) atoms. The van der Waals surface area contributed by atoms with Crippen LogP contribution in [0.2, 0.25) is 0 Å². The van der Waals surface area contributed by atoms with E-state index in [4.69, 9.17) is 4.74 Å². The Hall–Kier alpha value is -0.130. The van der Waals surface area contributed by atoms with Crippen LogP contribution in [-0.2, 0) is 14.3 Å². The first-order chi connectivity index (χ1) is 7.24. The van der Waals surface area contributed by atoms with Crippen LogP contribution in [-0.4, -0.2) is 44.2 Å². The molecule has 1 atom stereocenters. The molecule has 1 unspecified atom stereocenters. The molecule has 1 saturated carbocycles. The van der Waals surface area contributed by atoms with Crippen molar-refractivity contribution in [2.75, 3.05) is 33.4 Å². The van der Waals surface area contributed by atoms with E-state index in [1.54, 1.807) is 0 Å². The van der Waals surface area contributed by atoms with E-state index in [-0.39, 0.29) is 10.8 Å². The second kappa shape index (κ2) is 7.19. The maximum Gasteiger partial charge on any atom is 0.320 e. The first-order valence-electron chi connectivity index (χ1n) is 5.24. The molecule has 0 radical (unpaired) electrons. The molecule has 1 N–H and O–H groups in total. The summed E-state index contributed by atoms with van der Waals surface area (Å²) in [4.78, 5) is 10.7. The third-order valence-electron chi connectivity index (χ3n) is 2.25. The second-order valence-electron chi connectivity index (χ2n) is 3.71. The number of esters is 1. The van der Waals surface area contributed by atoms with Gasteiger partial charge >= 0.3 is 5.97 Å². The van der Waals surface area contributed by atoms with E-state index in [2.05, 4.69) is 26.0 Å². The second-order valence-corrected chi connectivity index (χ2v) is 4.82. The van der Waals surface area contributed by atoms with Crippen LogP contribution < -0.4 is 5.32 Å². The Morgan fingerprint density at radius 3 is 2.93 bits per heavy atom. The van der Waals surface area contributed by atoms with Gasteiger partial charge in [0, 0.05) is 19.7 Å². The van der Waals surface area contributed by atoms with Crippen molar-refractivity contribution >= 4 is 21.9 Å². The molecule has 1 aliphatic carbocycles. The van der Waals surface area contributed by atoms with Crippen LogP contribution >= 0.6 is 15.9 Å². The van der Waals surface area contributed by atoms with Crippen molar-refractivity contribution in [2.24, 2.45) is 5.92 Å². The Labute approximate surface area is 98.8 Å². The average molecular weight is 280 g/mol. The van der Waals surface area contributed by atoms with E-state index in [1.807, 2.05) is 0 Å². The van der Waals surface area contributed by atoms with Gasteiger partial charge in [-0.1, -0.05) is 15.9 Å². The van der Waals surface area contributed by atoms with Gasteiger partial charge in [-0.2, -0.15) is 0 Å². The number of alkyl halides is 1. The molecule has 0 saturated heterocycles. The van der Waals surface area contributed by atoms with E-state index in [0.717, 1.165) is 19.1 Å². The first kappa shape index (κ1) is 12.9. The molecular formula is C10H18BrNO3. The standard InChI is InChI=1S/C10H18BrNO3/c1-14-10(13)9(11)6-12-4-5-15-7-8-2-3-8/h8-9,12H,2-7H2,1H3. The van der Waals surface area contributed by atoms with Crippen molar-refractivity contribution in [2.45, 2.75) is 17.7 Å². The number of hydrogen-bond acceptors (Lipinski definition) is 4. The normalized spacial score (nSPS) is 17.5. The SMILES string of the molecule is COC(=O)C(Br)CNCCOCC1CC1. The zero-order valence-corrected chi connectivity index (χ0v) is 10.6. The summed E-state index contributed by atoms with van der Waals surface area (Å²) in [5.41, 5.74) is 0. The molecule has 0 spiro atoms. The fourth-order valence-corrected chi connectivity index (χ4v) is 1.53. The third kappa shape index (κ3) is 6.12. The maximum absolute atomic E-state index is 11.0. The van der Waals surface area contributed by atoms with Gasteiger partial charge in [0.1, 0.15) is 4.83 Å². The fraction of sp³-hybridized carbons (Fsp3) is 0.900. The van der Waals surface area contributed by atoms with E-state index in [9.17, 15) is 4.79 Å². The third-order valence-corrected chi connectivity index (χ3v) is 2.95. The number of hydrogen-bond donors (Lipinski definition) is 1. The van der Waals surface area contributed by atoms with Crippen molar-refractivity contribution < 1.29 is 14.3 Å². The number of carbonyl (C=O) groups excluding carboxylic acids is 1. The molecule has 0 bridgehead atoms. The van der Waals surface area contributed by atoms with Crippen LogP contribution in [0.25, 0.3) is 0 Å². The Kier molecular flexibility index (Phi) is 6.20. The molecular weight excluding hydrogens is 262 g/mol. The van der Waals surface area contributed by atoms with Crippen molar-refractivity contribution in [1.82, 2.24) is 5.32 Å². The highest BCUT2D eigenvalue weighted by Gasteiger charge is 2.20. The minimum absolute atomic E-state index is 0.249. The van der Waals surface area contributed by atoms with Gasteiger partial charge in [-0.05, 0) is 18.8 Å². The van der Waals surface area contributed by atoms with Gasteiger partial charge in [0.2, 0.25) is 0 Å². The summed E-state index contributed by atoms with van der Waals surface area (Å²) in [6.07, 6.45) is 2.64.